The summed E-state index contributed by atoms with van der Waals surface area (Å²) in [5, 5.41) is 12.8. The summed E-state index contributed by atoms with van der Waals surface area (Å²) in [6, 6.07) is 0.870. The third-order valence-electron chi connectivity index (χ3n) is 4.65. The maximum absolute atomic E-state index is 13.6. The quantitative estimate of drug-likeness (QED) is 0.778. The maximum atomic E-state index is 13.6. The molecule has 2 N–H and O–H groups in total. The molecule has 0 aromatic heterocycles. The highest BCUT2D eigenvalue weighted by Gasteiger charge is 2.44. The molecule has 3 nitrogen and oxygen atoms in total. The number of aliphatic hydroxyl groups is 1. The third-order valence-corrected chi connectivity index (χ3v) is 4.65. The molecule has 0 amide bonds. The Hall–Kier alpha value is -1.32. The lowest BCUT2D eigenvalue weighted by Gasteiger charge is -2.44. The molecule has 0 saturated carbocycles. The molecule has 9 heteroatoms. The van der Waals surface area contributed by atoms with E-state index in [-0.39, 0.29) is 11.6 Å². The van der Waals surface area contributed by atoms with E-state index in [4.69, 9.17) is 0 Å². The lowest BCUT2D eigenvalue weighted by atomic mass is 9.77. The van der Waals surface area contributed by atoms with E-state index in [9.17, 15) is 31.4 Å². The molecule has 1 heterocycles. The van der Waals surface area contributed by atoms with Crippen LogP contribution in [0.15, 0.2) is 18.2 Å². The zero-order valence-corrected chi connectivity index (χ0v) is 14.5. The first-order chi connectivity index (χ1) is 11.9. The van der Waals surface area contributed by atoms with Crippen molar-refractivity contribution in [2.75, 3.05) is 32.8 Å². The fraction of sp³-hybridized carbons (Fsp3) is 0.647. The summed E-state index contributed by atoms with van der Waals surface area (Å²) in [5.41, 5.74) is -3.87. The molecule has 1 aromatic rings. The monoisotopic (exact) mass is 384 g/mol. The molecule has 1 fully saturated rings. The van der Waals surface area contributed by atoms with Crippen molar-refractivity contribution in [2.24, 2.45) is 5.41 Å². The van der Waals surface area contributed by atoms with Gasteiger partial charge in [0.25, 0.3) is 0 Å². The van der Waals surface area contributed by atoms with Crippen molar-refractivity contribution < 1.29 is 31.4 Å². The molecule has 26 heavy (non-hydrogen) atoms. The van der Waals surface area contributed by atoms with Gasteiger partial charge in [-0.25, -0.2) is 0 Å². The highest BCUT2D eigenvalue weighted by molar-refractivity contribution is 5.38. The number of benzene rings is 1. The Morgan fingerprint density at radius 2 is 1.62 bits per heavy atom. The number of nitrogens with one attached hydrogen (secondary N) is 1. The molecule has 0 aliphatic carbocycles. The second kappa shape index (κ2) is 7.36. The normalized spacial score (nSPS) is 18.8. The molecule has 1 aliphatic rings. The van der Waals surface area contributed by atoms with Crippen LogP contribution < -0.4 is 5.32 Å². The van der Waals surface area contributed by atoms with E-state index in [0.717, 1.165) is 6.07 Å². The van der Waals surface area contributed by atoms with E-state index in [1.807, 2.05) is 0 Å². The maximum Gasteiger partial charge on any atom is 0.416 e. The highest BCUT2D eigenvalue weighted by Crippen LogP contribution is 2.45. The minimum absolute atomic E-state index is 0.165. The van der Waals surface area contributed by atoms with Crippen LogP contribution in [0, 0.1) is 5.41 Å². The fourth-order valence-corrected chi connectivity index (χ4v) is 3.36. The summed E-state index contributed by atoms with van der Waals surface area (Å²) in [7, 11) is 0. The SMILES string of the molecule is CC(C)(CO)[C@@H](c1ccc(C(F)(F)F)cc1C(F)(F)F)N1CCNCC1. The molecule has 1 atom stereocenters. The summed E-state index contributed by atoms with van der Waals surface area (Å²) in [4.78, 5) is 1.78. The predicted octanol–water partition coefficient (Wildman–Crippen LogP) is 3.69. The summed E-state index contributed by atoms with van der Waals surface area (Å²) in [6.45, 7) is 4.80. The largest absolute Gasteiger partial charge is 0.416 e. The van der Waals surface area contributed by atoms with Crippen LogP contribution >= 0.6 is 0 Å². The molecule has 0 bridgehead atoms. The van der Waals surface area contributed by atoms with Crippen LogP contribution in [0.1, 0.15) is 36.6 Å². The first-order valence-corrected chi connectivity index (χ1v) is 8.22. The molecular formula is C17H22F6N2O. The minimum Gasteiger partial charge on any atom is -0.396 e. The van der Waals surface area contributed by atoms with Gasteiger partial charge in [-0.1, -0.05) is 19.9 Å². The van der Waals surface area contributed by atoms with E-state index in [1.54, 1.807) is 18.7 Å². The Morgan fingerprint density at radius 1 is 1.04 bits per heavy atom. The number of alkyl halides is 6. The predicted molar refractivity (Wildman–Crippen MR) is 84.5 cm³/mol. The Bertz CT molecular complexity index is 621. The van der Waals surface area contributed by atoms with Crippen LogP contribution in [0.4, 0.5) is 26.3 Å². The smallest absolute Gasteiger partial charge is 0.396 e. The molecule has 1 aromatic carbocycles. The van der Waals surface area contributed by atoms with Gasteiger partial charge in [0.15, 0.2) is 0 Å². The van der Waals surface area contributed by atoms with Crippen LogP contribution in [0.5, 0.6) is 0 Å². The highest BCUT2D eigenvalue weighted by atomic mass is 19.4. The number of hydrogen-bond acceptors (Lipinski definition) is 3. The van der Waals surface area contributed by atoms with Gasteiger partial charge in [0.05, 0.1) is 11.1 Å². The van der Waals surface area contributed by atoms with E-state index >= 15 is 0 Å². The third kappa shape index (κ3) is 4.50. The van der Waals surface area contributed by atoms with Gasteiger partial charge >= 0.3 is 12.4 Å². The molecular weight excluding hydrogens is 362 g/mol. The van der Waals surface area contributed by atoms with Gasteiger partial charge < -0.3 is 10.4 Å². The summed E-state index contributed by atoms with van der Waals surface area (Å²) in [6.07, 6.45) is -9.80. The molecule has 1 saturated heterocycles. The van der Waals surface area contributed by atoms with Crippen LogP contribution in [0.2, 0.25) is 0 Å². The average molecular weight is 384 g/mol. The van der Waals surface area contributed by atoms with Crippen molar-refractivity contribution in [1.29, 1.82) is 0 Å². The molecule has 148 valence electrons. The summed E-state index contributed by atoms with van der Waals surface area (Å²) < 4.78 is 79.5. The topological polar surface area (TPSA) is 35.5 Å². The summed E-state index contributed by atoms with van der Waals surface area (Å²) in [5.74, 6) is 0. The van der Waals surface area contributed by atoms with E-state index in [1.165, 1.54) is 0 Å². The second-order valence-corrected chi connectivity index (χ2v) is 7.13. The Labute approximate surface area is 148 Å². The van der Waals surface area contributed by atoms with Crippen LogP contribution in [0.25, 0.3) is 0 Å². The second-order valence-electron chi connectivity index (χ2n) is 7.13. The lowest BCUT2D eigenvalue weighted by molar-refractivity contribution is -0.144. The molecule has 0 spiro atoms. The number of piperazine rings is 1. The zero-order chi connectivity index (χ0) is 19.8. The van der Waals surface area contributed by atoms with Gasteiger partial charge in [0.1, 0.15) is 0 Å². The average Bonchev–Trinajstić information content (AvgIpc) is 2.54. The van der Waals surface area contributed by atoms with Crippen molar-refractivity contribution in [3.63, 3.8) is 0 Å². The molecule has 0 unspecified atom stereocenters. The van der Waals surface area contributed by atoms with Gasteiger partial charge in [0, 0.05) is 44.2 Å². The zero-order valence-electron chi connectivity index (χ0n) is 14.5. The van der Waals surface area contributed by atoms with E-state index in [0.29, 0.717) is 32.2 Å². The van der Waals surface area contributed by atoms with Gasteiger partial charge in [-0.3, -0.25) is 4.90 Å². The molecule has 2 rings (SSSR count). The minimum atomic E-state index is -4.94. The number of rotatable bonds is 4. The molecule has 0 radical (unpaired) electrons. The first kappa shape index (κ1) is 21.0. The van der Waals surface area contributed by atoms with Gasteiger partial charge in [-0.05, 0) is 17.7 Å². The number of halogens is 6. The number of aliphatic hydroxyl groups excluding tert-OH is 1. The summed E-state index contributed by atoms with van der Waals surface area (Å²) >= 11 is 0. The van der Waals surface area contributed by atoms with Crippen molar-refractivity contribution in [1.82, 2.24) is 10.2 Å². The van der Waals surface area contributed by atoms with Crippen molar-refractivity contribution in [3.05, 3.63) is 34.9 Å². The van der Waals surface area contributed by atoms with Crippen LogP contribution in [-0.2, 0) is 12.4 Å². The van der Waals surface area contributed by atoms with Gasteiger partial charge in [0.2, 0.25) is 0 Å². The van der Waals surface area contributed by atoms with Crippen molar-refractivity contribution in [2.45, 2.75) is 32.2 Å². The molecule has 1 aliphatic heterocycles. The Kier molecular flexibility index (Phi) is 5.94. The number of hydrogen-bond donors (Lipinski definition) is 2. The van der Waals surface area contributed by atoms with E-state index < -0.39 is 41.5 Å². The standard InChI is InChI=1S/C17H22F6N2O/c1-15(2,10-26)14(25-7-5-24-6-8-25)12-4-3-11(16(18,19)20)9-13(12)17(21,22)23/h3-4,9,14,24,26H,5-8,10H2,1-2H3/t14-/m1/s1. The van der Waals surface area contributed by atoms with Crippen molar-refractivity contribution in [3.8, 4) is 0 Å². The van der Waals surface area contributed by atoms with Gasteiger partial charge in [-0.2, -0.15) is 26.3 Å². The van der Waals surface area contributed by atoms with Crippen LogP contribution in [-0.4, -0.2) is 42.8 Å². The Balaban J connectivity index is 2.63. The van der Waals surface area contributed by atoms with Gasteiger partial charge in [-0.15, -0.1) is 0 Å². The first-order valence-electron chi connectivity index (χ1n) is 8.22. The Morgan fingerprint density at radius 3 is 2.08 bits per heavy atom. The fourth-order valence-electron chi connectivity index (χ4n) is 3.36. The number of nitrogens with zero attached hydrogens (tertiary/aromatic N) is 1. The lowest BCUT2D eigenvalue weighted by Crippen LogP contribution is -2.50. The van der Waals surface area contributed by atoms with Crippen molar-refractivity contribution >= 4 is 0 Å². The van der Waals surface area contributed by atoms with Crippen LogP contribution in [0.3, 0.4) is 0 Å². The van der Waals surface area contributed by atoms with E-state index in [2.05, 4.69) is 5.32 Å².